The molecule has 102 valence electrons. The number of hydrogen-bond acceptors (Lipinski definition) is 5. The van der Waals surface area contributed by atoms with Crippen molar-refractivity contribution < 1.29 is 8.42 Å². The second kappa shape index (κ2) is 5.35. The zero-order valence-electron chi connectivity index (χ0n) is 10.1. The summed E-state index contributed by atoms with van der Waals surface area (Å²) in [5.74, 6) is 0.373. The first kappa shape index (κ1) is 14.1. The van der Waals surface area contributed by atoms with Gasteiger partial charge in [-0.25, -0.2) is 13.6 Å². The molecule has 0 unspecified atom stereocenters. The van der Waals surface area contributed by atoms with Crippen LogP contribution in [-0.2, 0) is 16.6 Å². The number of pyridine rings is 1. The van der Waals surface area contributed by atoms with Gasteiger partial charge in [-0.2, -0.15) is 0 Å². The predicted molar refractivity (Wildman–Crippen MR) is 72.6 cm³/mol. The summed E-state index contributed by atoms with van der Waals surface area (Å²) in [5, 5.41) is 12.4. The van der Waals surface area contributed by atoms with Gasteiger partial charge in [0.05, 0.1) is 0 Å². The molecule has 0 aliphatic rings. The Balaban J connectivity index is 2.66. The molecule has 0 atom stereocenters. The van der Waals surface area contributed by atoms with Gasteiger partial charge >= 0.3 is 0 Å². The van der Waals surface area contributed by atoms with E-state index in [0.29, 0.717) is 22.5 Å². The maximum atomic E-state index is 11.5. The van der Waals surface area contributed by atoms with E-state index in [0.717, 1.165) is 6.42 Å². The van der Waals surface area contributed by atoms with Crippen LogP contribution in [0.1, 0.15) is 13.3 Å². The molecule has 0 spiro atoms. The van der Waals surface area contributed by atoms with Crippen molar-refractivity contribution in [2.24, 2.45) is 5.14 Å². The third kappa shape index (κ3) is 2.82. The van der Waals surface area contributed by atoms with Crippen molar-refractivity contribution in [1.29, 1.82) is 0 Å². The molecule has 19 heavy (non-hydrogen) atoms. The molecule has 0 radical (unpaired) electrons. The fraction of sp³-hybridized carbons (Fsp3) is 0.300. The van der Waals surface area contributed by atoms with E-state index >= 15 is 0 Å². The van der Waals surface area contributed by atoms with E-state index in [-0.39, 0.29) is 5.16 Å². The molecule has 0 bridgehead atoms. The fourth-order valence-corrected chi connectivity index (χ4v) is 2.72. The molecule has 0 amide bonds. The Bertz CT molecular complexity index is 698. The highest BCUT2D eigenvalue weighted by atomic mass is 79.9. The summed E-state index contributed by atoms with van der Waals surface area (Å²) in [4.78, 5) is 4.18. The van der Waals surface area contributed by atoms with Crippen LogP contribution in [0.4, 0.5) is 0 Å². The normalized spacial score (nSPS) is 11.7. The minimum atomic E-state index is -3.91. The summed E-state index contributed by atoms with van der Waals surface area (Å²) in [6.45, 7) is 2.36. The number of nitrogens with two attached hydrogens (primary N) is 1. The average Bonchev–Trinajstić information content (AvgIpc) is 2.74. The molecule has 0 fully saturated rings. The van der Waals surface area contributed by atoms with Crippen LogP contribution in [0.5, 0.6) is 0 Å². The van der Waals surface area contributed by atoms with Gasteiger partial charge in [-0.3, -0.25) is 9.55 Å². The van der Waals surface area contributed by atoms with Gasteiger partial charge in [-0.15, -0.1) is 10.2 Å². The van der Waals surface area contributed by atoms with Crippen molar-refractivity contribution in [2.75, 3.05) is 0 Å². The summed E-state index contributed by atoms with van der Waals surface area (Å²) in [5.41, 5.74) is 0.526. The van der Waals surface area contributed by atoms with Gasteiger partial charge in [0.2, 0.25) is 0 Å². The van der Waals surface area contributed by atoms with E-state index in [1.807, 2.05) is 6.92 Å². The monoisotopic (exact) mass is 345 g/mol. The third-order valence-corrected chi connectivity index (χ3v) is 3.84. The zero-order chi connectivity index (χ0) is 14.0. The van der Waals surface area contributed by atoms with Crippen molar-refractivity contribution in [3.63, 3.8) is 0 Å². The number of aromatic nitrogens is 4. The lowest BCUT2D eigenvalue weighted by molar-refractivity contribution is 0.559. The van der Waals surface area contributed by atoms with Crippen molar-refractivity contribution in [1.82, 2.24) is 19.7 Å². The standard InChI is InChI=1S/C10H12BrN5O2S/c1-2-6-16-9(8-7(11)4-3-5-13-8)14-15-10(16)19(12,17)18/h3-5H,2,6H2,1H3,(H2,12,17,18). The predicted octanol–water partition coefficient (Wildman–Crippen LogP) is 1.16. The molecule has 9 heteroatoms. The number of halogens is 1. The Morgan fingerprint density at radius 3 is 2.74 bits per heavy atom. The number of nitrogens with zero attached hydrogens (tertiary/aromatic N) is 4. The first-order valence-corrected chi connectivity index (χ1v) is 7.86. The SMILES string of the molecule is CCCn1c(-c2ncccc2Br)nnc1S(N)(=O)=O. The van der Waals surface area contributed by atoms with E-state index in [1.165, 1.54) is 4.57 Å². The number of rotatable bonds is 4. The average molecular weight is 346 g/mol. The highest BCUT2D eigenvalue weighted by Crippen LogP contribution is 2.25. The molecular weight excluding hydrogens is 334 g/mol. The molecule has 2 aromatic rings. The van der Waals surface area contributed by atoms with Gasteiger partial charge < -0.3 is 0 Å². The van der Waals surface area contributed by atoms with Crippen LogP contribution in [0.3, 0.4) is 0 Å². The minimum Gasteiger partial charge on any atom is -0.295 e. The van der Waals surface area contributed by atoms with Crippen LogP contribution in [0, 0.1) is 0 Å². The molecule has 0 saturated carbocycles. The maximum absolute atomic E-state index is 11.5. The summed E-state index contributed by atoms with van der Waals surface area (Å²) in [6, 6.07) is 3.55. The molecule has 2 aromatic heterocycles. The van der Waals surface area contributed by atoms with Crippen molar-refractivity contribution in [2.45, 2.75) is 25.0 Å². The molecule has 0 aliphatic carbocycles. The van der Waals surface area contributed by atoms with E-state index < -0.39 is 10.0 Å². The molecule has 0 aromatic carbocycles. The van der Waals surface area contributed by atoms with Gasteiger partial charge in [0.25, 0.3) is 15.2 Å². The lowest BCUT2D eigenvalue weighted by Crippen LogP contribution is -2.19. The Morgan fingerprint density at radius 1 is 1.42 bits per heavy atom. The Labute approximate surface area is 119 Å². The van der Waals surface area contributed by atoms with Gasteiger partial charge in [0.1, 0.15) is 5.69 Å². The molecule has 2 heterocycles. The van der Waals surface area contributed by atoms with Crippen LogP contribution < -0.4 is 5.14 Å². The van der Waals surface area contributed by atoms with Gasteiger partial charge in [0, 0.05) is 17.2 Å². The van der Waals surface area contributed by atoms with Crippen molar-refractivity contribution >= 4 is 26.0 Å². The summed E-state index contributed by atoms with van der Waals surface area (Å²) < 4.78 is 25.1. The first-order chi connectivity index (χ1) is 8.95. The highest BCUT2D eigenvalue weighted by molar-refractivity contribution is 9.10. The molecule has 2 rings (SSSR count). The van der Waals surface area contributed by atoms with E-state index in [2.05, 4.69) is 31.1 Å². The quantitative estimate of drug-likeness (QED) is 0.895. The lowest BCUT2D eigenvalue weighted by Gasteiger charge is -2.08. The van der Waals surface area contributed by atoms with Crippen LogP contribution in [0.15, 0.2) is 28.0 Å². The van der Waals surface area contributed by atoms with Crippen molar-refractivity contribution in [3.05, 3.63) is 22.8 Å². The number of hydrogen-bond donors (Lipinski definition) is 1. The minimum absolute atomic E-state index is 0.248. The maximum Gasteiger partial charge on any atom is 0.273 e. The van der Waals surface area contributed by atoms with Crippen LogP contribution >= 0.6 is 15.9 Å². The smallest absolute Gasteiger partial charge is 0.273 e. The number of sulfonamides is 1. The largest absolute Gasteiger partial charge is 0.295 e. The Kier molecular flexibility index (Phi) is 3.97. The fourth-order valence-electron chi connectivity index (χ4n) is 1.65. The highest BCUT2D eigenvalue weighted by Gasteiger charge is 2.23. The third-order valence-electron chi connectivity index (χ3n) is 2.39. The molecule has 0 saturated heterocycles. The molecule has 7 nitrogen and oxygen atoms in total. The zero-order valence-corrected chi connectivity index (χ0v) is 12.5. The Hall–Kier alpha value is -1.32. The first-order valence-electron chi connectivity index (χ1n) is 5.52. The van der Waals surface area contributed by atoms with Crippen molar-refractivity contribution in [3.8, 4) is 11.5 Å². The molecule has 2 N–H and O–H groups in total. The van der Waals surface area contributed by atoms with Crippen LogP contribution in [0.2, 0.25) is 0 Å². The second-order valence-electron chi connectivity index (χ2n) is 3.84. The van der Waals surface area contributed by atoms with E-state index in [1.54, 1.807) is 18.3 Å². The summed E-state index contributed by atoms with van der Waals surface area (Å²) >= 11 is 3.35. The summed E-state index contributed by atoms with van der Waals surface area (Å²) in [7, 11) is -3.91. The topological polar surface area (TPSA) is 104 Å². The van der Waals surface area contributed by atoms with E-state index in [4.69, 9.17) is 5.14 Å². The second-order valence-corrected chi connectivity index (χ2v) is 6.15. The number of primary sulfonamides is 1. The van der Waals surface area contributed by atoms with E-state index in [9.17, 15) is 8.42 Å². The lowest BCUT2D eigenvalue weighted by atomic mass is 10.3. The van der Waals surface area contributed by atoms with Gasteiger partial charge in [0.15, 0.2) is 5.82 Å². The summed E-state index contributed by atoms with van der Waals surface area (Å²) in [6.07, 6.45) is 2.32. The van der Waals surface area contributed by atoms with Gasteiger partial charge in [-0.1, -0.05) is 6.92 Å². The molecular formula is C10H12BrN5O2S. The van der Waals surface area contributed by atoms with Crippen LogP contribution in [-0.4, -0.2) is 28.2 Å². The van der Waals surface area contributed by atoms with Gasteiger partial charge in [-0.05, 0) is 34.5 Å². The Morgan fingerprint density at radius 2 is 2.16 bits per heavy atom. The van der Waals surface area contributed by atoms with Crippen LogP contribution in [0.25, 0.3) is 11.5 Å². The molecule has 0 aliphatic heterocycles.